The fraction of sp³-hybridized carbons (Fsp3) is 0.500. The van der Waals surface area contributed by atoms with E-state index in [0.717, 1.165) is 18.0 Å². The second-order valence-corrected chi connectivity index (χ2v) is 5.19. The van der Waals surface area contributed by atoms with Crippen molar-refractivity contribution < 1.29 is 0 Å². The summed E-state index contributed by atoms with van der Waals surface area (Å²) in [6.45, 7) is 3.31. The van der Waals surface area contributed by atoms with E-state index in [4.69, 9.17) is 11.6 Å². The van der Waals surface area contributed by atoms with Gasteiger partial charge in [0.25, 0.3) is 0 Å². The van der Waals surface area contributed by atoms with E-state index < -0.39 is 0 Å². The molecule has 0 saturated carbocycles. The van der Waals surface area contributed by atoms with E-state index in [2.05, 4.69) is 29.7 Å². The summed E-state index contributed by atoms with van der Waals surface area (Å²) >= 11 is 6.02. The number of halogens is 1. The van der Waals surface area contributed by atoms with Crippen molar-refractivity contribution in [2.45, 2.75) is 45.1 Å². The zero-order valence-electron chi connectivity index (χ0n) is 11.0. The molecule has 1 aromatic carbocycles. The van der Waals surface area contributed by atoms with Gasteiger partial charge in [0.05, 0.1) is 6.04 Å². The van der Waals surface area contributed by atoms with Crippen LogP contribution in [0.1, 0.15) is 39.0 Å². The summed E-state index contributed by atoms with van der Waals surface area (Å²) in [5.41, 5.74) is 1.20. The Morgan fingerprint density at radius 3 is 2.94 bits per heavy atom. The van der Waals surface area contributed by atoms with Crippen LogP contribution in [0.3, 0.4) is 0 Å². The van der Waals surface area contributed by atoms with Crippen LogP contribution in [0.15, 0.2) is 24.3 Å². The number of benzene rings is 1. The molecule has 1 fully saturated rings. The molecule has 1 aliphatic heterocycles. The highest BCUT2D eigenvalue weighted by Gasteiger charge is 2.26. The predicted octanol–water partition coefficient (Wildman–Crippen LogP) is 4.50. The van der Waals surface area contributed by atoms with Gasteiger partial charge in [0.15, 0.2) is 0 Å². The number of nitrogens with zero attached hydrogens (tertiary/aromatic N) is 1. The van der Waals surface area contributed by atoms with E-state index in [-0.39, 0.29) is 0 Å². The maximum absolute atomic E-state index is 6.02. The van der Waals surface area contributed by atoms with Crippen molar-refractivity contribution in [1.29, 1.82) is 0 Å². The van der Waals surface area contributed by atoms with Crippen LogP contribution in [-0.4, -0.2) is 12.6 Å². The molecule has 1 nitrogen and oxygen atoms in total. The predicted molar refractivity (Wildman–Crippen MR) is 79.1 cm³/mol. The molecule has 1 atom stereocenters. The molecule has 2 rings (SSSR count). The van der Waals surface area contributed by atoms with Gasteiger partial charge >= 0.3 is 0 Å². The Morgan fingerprint density at radius 1 is 1.39 bits per heavy atom. The van der Waals surface area contributed by atoms with Crippen molar-refractivity contribution in [3.05, 3.63) is 29.3 Å². The minimum Gasteiger partial charge on any atom is -0.357 e. The first kappa shape index (κ1) is 13.3. The van der Waals surface area contributed by atoms with Gasteiger partial charge < -0.3 is 4.90 Å². The fourth-order valence-electron chi connectivity index (χ4n) is 2.15. The van der Waals surface area contributed by atoms with Crippen LogP contribution >= 0.6 is 11.6 Å². The van der Waals surface area contributed by atoms with Crippen LogP contribution in [0.4, 0.5) is 5.69 Å². The molecule has 0 radical (unpaired) electrons. The Balaban J connectivity index is 1.88. The quantitative estimate of drug-likeness (QED) is 0.570. The van der Waals surface area contributed by atoms with Crippen LogP contribution in [0.5, 0.6) is 0 Å². The van der Waals surface area contributed by atoms with Crippen LogP contribution in [0.2, 0.25) is 5.02 Å². The van der Waals surface area contributed by atoms with E-state index >= 15 is 0 Å². The molecular formula is C16H20ClN. The van der Waals surface area contributed by atoms with Crippen molar-refractivity contribution in [1.82, 2.24) is 0 Å². The summed E-state index contributed by atoms with van der Waals surface area (Å²) in [7, 11) is 0. The van der Waals surface area contributed by atoms with Crippen molar-refractivity contribution in [3.8, 4) is 11.8 Å². The molecule has 0 bridgehead atoms. The minimum atomic E-state index is 0.394. The zero-order valence-corrected chi connectivity index (χ0v) is 11.7. The third-order valence-corrected chi connectivity index (χ3v) is 3.57. The Morgan fingerprint density at radius 2 is 2.28 bits per heavy atom. The summed E-state index contributed by atoms with van der Waals surface area (Å²) < 4.78 is 0. The van der Waals surface area contributed by atoms with Gasteiger partial charge in [0.1, 0.15) is 0 Å². The molecule has 1 saturated heterocycles. The highest BCUT2D eigenvalue weighted by atomic mass is 35.5. The summed E-state index contributed by atoms with van der Waals surface area (Å²) in [5.74, 6) is 6.69. The van der Waals surface area contributed by atoms with Gasteiger partial charge in [-0.1, -0.05) is 43.4 Å². The third-order valence-electron chi connectivity index (χ3n) is 3.33. The molecule has 0 N–H and O–H groups in total. The van der Waals surface area contributed by atoms with Crippen molar-refractivity contribution in [2.24, 2.45) is 0 Å². The van der Waals surface area contributed by atoms with Gasteiger partial charge in [-0.25, -0.2) is 0 Å². The summed E-state index contributed by atoms with van der Waals surface area (Å²) in [6, 6.07) is 8.44. The van der Waals surface area contributed by atoms with Crippen molar-refractivity contribution in [3.63, 3.8) is 0 Å². The van der Waals surface area contributed by atoms with Gasteiger partial charge in [-0.15, -0.1) is 5.92 Å². The summed E-state index contributed by atoms with van der Waals surface area (Å²) in [5, 5.41) is 0.800. The lowest BCUT2D eigenvalue weighted by Gasteiger charge is -2.39. The number of unbranched alkanes of at least 4 members (excludes halogenated alkanes) is 3. The Labute approximate surface area is 115 Å². The molecule has 0 spiro atoms. The number of rotatable bonds is 4. The fourth-order valence-corrected chi connectivity index (χ4v) is 2.34. The number of anilines is 1. The molecule has 0 amide bonds. The third kappa shape index (κ3) is 3.43. The lowest BCUT2D eigenvalue weighted by Crippen LogP contribution is -2.46. The molecule has 1 unspecified atom stereocenters. The maximum Gasteiger partial charge on any atom is 0.0920 e. The molecule has 18 heavy (non-hydrogen) atoms. The first-order valence-corrected chi connectivity index (χ1v) is 7.19. The molecule has 1 aromatic rings. The first-order chi connectivity index (χ1) is 8.81. The van der Waals surface area contributed by atoms with E-state index in [1.165, 1.54) is 31.4 Å². The van der Waals surface area contributed by atoms with Crippen LogP contribution in [0.25, 0.3) is 0 Å². The maximum atomic E-state index is 6.02. The lowest BCUT2D eigenvalue weighted by atomic mass is 10.0. The smallest absolute Gasteiger partial charge is 0.0920 e. The first-order valence-electron chi connectivity index (χ1n) is 6.82. The molecular weight excluding hydrogens is 242 g/mol. The van der Waals surface area contributed by atoms with E-state index in [1.807, 2.05) is 18.2 Å². The molecule has 96 valence electrons. The van der Waals surface area contributed by atoms with Gasteiger partial charge in [-0.2, -0.15) is 0 Å². The second kappa shape index (κ2) is 6.71. The van der Waals surface area contributed by atoms with Crippen LogP contribution in [-0.2, 0) is 0 Å². The monoisotopic (exact) mass is 261 g/mol. The molecule has 1 heterocycles. The highest BCUT2D eigenvalue weighted by molar-refractivity contribution is 6.30. The van der Waals surface area contributed by atoms with Crippen molar-refractivity contribution in [2.75, 3.05) is 11.4 Å². The average molecular weight is 262 g/mol. The van der Waals surface area contributed by atoms with Crippen molar-refractivity contribution >= 4 is 17.3 Å². The van der Waals surface area contributed by atoms with Gasteiger partial charge in [0.2, 0.25) is 0 Å². The van der Waals surface area contributed by atoms with E-state index in [1.54, 1.807) is 0 Å². The molecule has 0 aliphatic carbocycles. The van der Waals surface area contributed by atoms with Gasteiger partial charge in [-0.05, 0) is 31.0 Å². The number of hydrogen-bond donors (Lipinski definition) is 0. The van der Waals surface area contributed by atoms with Crippen LogP contribution in [0, 0.1) is 11.8 Å². The Bertz CT molecular complexity index is 444. The normalized spacial score (nSPS) is 17.9. The molecule has 2 heteroatoms. The Hall–Kier alpha value is -1.13. The topological polar surface area (TPSA) is 3.24 Å². The molecule has 0 aromatic heterocycles. The van der Waals surface area contributed by atoms with Gasteiger partial charge in [-0.3, -0.25) is 0 Å². The molecule has 1 aliphatic rings. The number of hydrogen-bond acceptors (Lipinski definition) is 1. The van der Waals surface area contributed by atoms with Crippen LogP contribution < -0.4 is 4.90 Å². The lowest BCUT2D eigenvalue weighted by molar-refractivity contribution is 0.535. The van der Waals surface area contributed by atoms with Gasteiger partial charge in [0, 0.05) is 23.7 Å². The second-order valence-electron chi connectivity index (χ2n) is 4.76. The standard InChI is InChI=1S/C16H20ClN/c1-2-3-4-5-6-9-15-11-12-18(15)16-10-7-8-14(17)13-16/h7-8,10,13,15H,2-5,11-12H2,1H3. The summed E-state index contributed by atoms with van der Waals surface area (Å²) in [6.07, 6.45) is 5.99. The summed E-state index contributed by atoms with van der Waals surface area (Å²) in [4.78, 5) is 2.33. The largest absolute Gasteiger partial charge is 0.357 e. The highest BCUT2D eigenvalue weighted by Crippen LogP contribution is 2.28. The van der Waals surface area contributed by atoms with E-state index in [0.29, 0.717) is 6.04 Å². The SMILES string of the molecule is CCCCCC#CC1CCN1c1cccc(Cl)c1. The Kier molecular flexibility index (Phi) is 4.96. The van der Waals surface area contributed by atoms with E-state index in [9.17, 15) is 0 Å². The average Bonchev–Trinajstić information content (AvgIpc) is 2.32. The zero-order chi connectivity index (χ0) is 12.8. The minimum absolute atomic E-state index is 0.394.